The number of pyridine rings is 1. The summed E-state index contributed by atoms with van der Waals surface area (Å²) < 4.78 is 0. The molecule has 4 rings (SSSR count). The first-order valence-corrected chi connectivity index (χ1v) is 6.98. The summed E-state index contributed by atoms with van der Waals surface area (Å²) in [5, 5.41) is 9.95. The van der Waals surface area contributed by atoms with Gasteiger partial charge in [0.2, 0.25) is 5.91 Å². The first-order chi connectivity index (χ1) is 10.8. The van der Waals surface area contributed by atoms with Gasteiger partial charge in [0.1, 0.15) is 5.82 Å². The average molecular weight is 285 g/mol. The molecule has 22 heavy (non-hydrogen) atoms. The van der Waals surface area contributed by atoms with Crippen LogP contribution in [-0.2, 0) is 11.2 Å². The molecular formula is C18H11N3O. The topological polar surface area (TPSA) is 57.0 Å². The largest absolute Gasteiger partial charge is 0.274 e. The van der Waals surface area contributed by atoms with Crippen molar-refractivity contribution in [2.24, 2.45) is 0 Å². The molecule has 104 valence electrons. The van der Waals surface area contributed by atoms with Gasteiger partial charge in [-0.25, -0.2) is 4.98 Å². The molecule has 1 aliphatic heterocycles. The van der Waals surface area contributed by atoms with Gasteiger partial charge in [-0.2, -0.15) is 5.26 Å². The molecule has 4 heteroatoms. The minimum Gasteiger partial charge on any atom is -0.274 e. The first-order valence-electron chi connectivity index (χ1n) is 6.98. The number of fused-ring (bicyclic) bond motifs is 2. The summed E-state index contributed by atoms with van der Waals surface area (Å²) in [5.41, 5.74) is 3.20. The van der Waals surface area contributed by atoms with Crippen LogP contribution in [0.1, 0.15) is 11.1 Å². The highest BCUT2D eigenvalue weighted by atomic mass is 16.2. The number of benzene rings is 2. The van der Waals surface area contributed by atoms with E-state index in [4.69, 9.17) is 5.26 Å². The van der Waals surface area contributed by atoms with Crippen LogP contribution in [0.2, 0.25) is 0 Å². The Bertz CT molecular complexity index is 956. The van der Waals surface area contributed by atoms with Crippen molar-refractivity contribution in [3.63, 3.8) is 0 Å². The molecule has 0 spiro atoms. The lowest BCUT2D eigenvalue weighted by atomic mass is 10.1. The maximum atomic E-state index is 12.3. The second-order valence-corrected chi connectivity index (χ2v) is 5.19. The molecule has 0 radical (unpaired) electrons. The molecular weight excluding hydrogens is 274 g/mol. The number of carbonyl (C=O) groups is 1. The number of amides is 1. The zero-order chi connectivity index (χ0) is 15.1. The van der Waals surface area contributed by atoms with Crippen molar-refractivity contribution in [3.8, 4) is 6.07 Å². The number of para-hydroxylation sites is 1. The van der Waals surface area contributed by atoms with Gasteiger partial charge in [0.25, 0.3) is 0 Å². The molecule has 3 aromatic rings. The molecule has 0 atom stereocenters. The van der Waals surface area contributed by atoms with Crippen molar-refractivity contribution in [1.82, 2.24) is 4.98 Å². The van der Waals surface area contributed by atoms with Gasteiger partial charge in [0, 0.05) is 5.39 Å². The third-order valence-corrected chi connectivity index (χ3v) is 3.89. The van der Waals surface area contributed by atoms with E-state index in [2.05, 4.69) is 11.1 Å². The van der Waals surface area contributed by atoms with Crippen LogP contribution in [0, 0.1) is 11.3 Å². The van der Waals surface area contributed by atoms with Crippen molar-refractivity contribution in [1.29, 1.82) is 5.26 Å². The van der Waals surface area contributed by atoms with Crippen molar-refractivity contribution in [2.75, 3.05) is 4.90 Å². The molecule has 0 saturated heterocycles. The molecule has 0 N–H and O–H groups in total. The van der Waals surface area contributed by atoms with Crippen molar-refractivity contribution >= 4 is 28.3 Å². The van der Waals surface area contributed by atoms with Gasteiger partial charge in [-0.3, -0.25) is 9.69 Å². The lowest BCUT2D eigenvalue weighted by Crippen LogP contribution is -2.21. The summed E-state index contributed by atoms with van der Waals surface area (Å²) in [6.07, 6.45) is 0.397. The number of rotatable bonds is 1. The summed E-state index contributed by atoms with van der Waals surface area (Å²) >= 11 is 0. The Hall–Kier alpha value is -3.19. The normalized spacial score (nSPS) is 13.2. The van der Waals surface area contributed by atoms with Gasteiger partial charge in [-0.1, -0.05) is 24.3 Å². The summed E-state index contributed by atoms with van der Waals surface area (Å²) in [4.78, 5) is 18.5. The predicted octanol–water partition coefficient (Wildman–Crippen LogP) is 3.33. The Morgan fingerprint density at radius 2 is 1.91 bits per heavy atom. The molecule has 2 heterocycles. The number of carbonyl (C=O) groups excluding carboxylic acids is 1. The maximum absolute atomic E-state index is 12.3. The minimum absolute atomic E-state index is 0.0180. The third kappa shape index (κ3) is 1.76. The number of nitrogens with zero attached hydrogens (tertiary/aromatic N) is 3. The van der Waals surface area contributed by atoms with E-state index in [0.29, 0.717) is 23.3 Å². The number of hydrogen-bond donors (Lipinski definition) is 0. The van der Waals surface area contributed by atoms with Gasteiger partial charge in [-0.15, -0.1) is 0 Å². The summed E-state index contributed by atoms with van der Waals surface area (Å²) in [5.74, 6) is 0.613. The van der Waals surface area contributed by atoms with Crippen LogP contribution < -0.4 is 4.90 Å². The van der Waals surface area contributed by atoms with Crippen LogP contribution in [-0.4, -0.2) is 10.9 Å². The molecule has 1 aromatic heterocycles. The van der Waals surface area contributed by atoms with Crippen molar-refractivity contribution in [3.05, 3.63) is 65.7 Å². The quantitative estimate of drug-likeness (QED) is 0.689. The van der Waals surface area contributed by atoms with Gasteiger partial charge in [0.05, 0.1) is 29.3 Å². The second-order valence-electron chi connectivity index (χ2n) is 5.19. The van der Waals surface area contributed by atoms with Crippen LogP contribution in [0.25, 0.3) is 10.9 Å². The Balaban J connectivity index is 1.89. The number of aromatic nitrogens is 1. The zero-order valence-electron chi connectivity index (χ0n) is 11.7. The van der Waals surface area contributed by atoms with E-state index < -0.39 is 0 Å². The van der Waals surface area contributed by atoms with E-state index in [-0.39, 0.29) is 5.91 Å². The fourth-order valence-corrected chi connectivity index (χ4v) is 2.87. The maximum Gasteiger partial charge on any atom is 0.237 e. The van der Waals surface area contributed by atoms with E-state index in [0.717, 1.165) is 16.6 Å². The van der Waals surface area contributed by atoms with Crippen molar-refractivity contribution in [2.45, 2.75) is 6.42 Å². The average Bonchev–Trinajstić information content (AvgIpc) is 2.89. The van der Waals surface area contributed by atoms with E-state index in [1.165, 1.54) is 0 Å². The fraction of sp³-hybridized carbons (Fsp3) is 0.0556. The highest BCUT2D eigenvalue weighted by Crippen LogP contribution is 2.35. The van der Waals surface area contributed by atoms with Crippen LogP contribution in [0.3, 0.4) is 0 Å². The third-order valence-electron chi connectivity index (χ3n) is 3.89. The summed E-state index contributed by atoms with van der Waals surface area (Å²) in [7, 11) is 0. The molecule has 4 nitrogen and oxygen atoms in total. The van der Waals surface area contributed by atoms with Crippen molar-refractivity contribution < 1.29 is 4.79 Å². The molecule has 1 aliphatic rings. The van der Waals surface area contributed by atoms with E-state index >= 15 is 0 Å². The molecule has 0 saturated carbocycles. The van der Waals surface area contributed by atoms with Gasteiger partial charge < -0.3 is 0 Å². The summed E-state index contributed by atoms with van der Waals surface area (Å²) in [6.45, 7) is 0. The van der Waals surface area contributed by atoms with Crippen LogP contribution in [0.15, 0.2) is 54.6 Å². The fourth-order valence-electron chi connectivity index (χ4n) is 2.87. The van der Waals surface area contributed by atoms with E-state index in [1.807, 2.05) is 36.4 Å². The highest BCUT2D eigenvalue weighted by Gasteiger charge is 2.29. The Morgan fingerprint density at radius 1 is 1.05 bits per heavy atom. The summed E-state index contributed by atoms with van der Waals surface area (Å²) in [6, 6.07) is 19.0. The van der Waals surface area contributed by atoms with Crippen LogP contribution >= 0.6 is 0 Å². The molecule has 0 fully saturated rings. The number of nitriles is 1. The minimum atomic E-state index is 0.0180. The molecule has 0 unspecified atom stereocenters. The highest BCUT2D eigenvalue weighted by molar-refractivity contribution is 6.07. The Labute approximate surface area is 127 Å². The van der Waals surface area contributed by atoms with Crippen LogP contribution in [0.4, 0.5) is 11.5 Å². The SMILES string of the molecule is N#Cc1cccc2nc(N3C(=O)Cc4ccccc43)ccc12. The molecule has 0 aliphatic carbocycles. The van der Waals surface area contributed by atoms with E-state index in [1.54, 1.807) is 23.1 Å². The molecule has 0 bridgehead atoms. The van der Waals surface area contributed by atoms with Gasteiger partial charge in [-0.05, 0) is 35.9 Å². The lowest BCUT2D eigenvalue weighted by molar-refractivity contribution is -0.116. The van der Waals surface area contributed by atoms with Gasteiger partial charge in [0.15, 0.2) is 0 Å². The number of hydrogen-bond acceptors (Lipinski definition) is 3. The first kappa shape index (κ1) is 12.5. The smallest absolute Gasteiger partial charge is 0.237 e. The standard InChI is InChI=1S/C18H11N3O/c19-11-13-5-3-6-15-14(13)8-9-17(20-15)21-16-7-2-1-4-12(16)10-18(21)22/h1-9H,10H2. The number of anilines is 2. The Kier molecular flexibility index (Phi) is 2.67. The zero-order valence-corrected chi connectivity index (χ0v) is 11.7. The van der Waals surface area contributed by atoms with E-state index in [9.17, 15) is 4.79 Å². The Morgan fingerprint density at radius 3 is 2.77 bits per heavy atom. The molecule has 2 aromatic carbocycles. The van der Waals surface area contributed by atoms with Gasteiger partial charge >= 0.3 is 0 Å². The van der Waals surface area contributed by atoms with Crippen LogP contribution in [0.5, 0.6) is 0 Å². The lowest BCUT2D eigenvalue weighted by Gasteiger charge is -2.17. The molecule has 1 amide bonds. The predicted molar refractivity (Wildman–Crippen MR) is 83.8 cm³/mol. The monoisotopic (exact) mass is 285 g/mol. The second kappa shape index (κ2) is 4.68.